The van der Waals surface area contributed by atoms with Gasteiger partial charge in [0.25, 0.3) is 0 Å². The summed E-state index contributed by atoms with van der Waals surface area (Å²) in [5.74, 6) is 0.366. The Balaban J connectivity index is 1.66. The predicted octanol–water partition coefficient (Wildman–Crippen LogP) is 5.40. The molecule has 1 heterocycles. The zero-order valence-electron chi connectivity index (χ0n) is 13.6. The molecule has 0 unspecified atom stereocenters. The monoisotopic (exact) mass is 425 g/mol. The zero-order valence-corrected chi connectivity index (χ0v) is 16.7. The topological polar surface area (TPSA) is 54.8 Å². The van der Waals surface area contributed by atoms with Gasteiger partial charge in [-0.05, 0) is 49.0 Å². The van der Waals surface area contributed by atoms with Crippen LogP contribution in [0.5, 0.6) is 0 Å². The number of nitrogens with zero attached hydrogens (tertiary/aromatic N) is 3. The second-order valence-corrected chi connectivity index (χ2v) is 7.16. The lowest BCUT2D eigenvalue weighted by Crippen LogP contribution is -2.20. The molecule has 0 aliphatic carbocycles. The molecule has 2 aromatic carbocycles. The van der Waals surface area contributed by atoms with Gasteiger partial charge in [-0.25, -0.2) is 9.67 Å². The van der Waals surface area contributed by atoms with Crippen molar-refractivity contribution in [1.29, 1.82) is 0 Å². The van der Waals surface area contributed by atoms with Gasteiger partial charge in [-0.3, -0.25) is 5.32 Å². The van der Waals surface area contributed by atoms with Crippen LogP contribution in [0.25, 0.3) is 0 Å². The fourth-order valence-corrected chi connectivity index (χ4v) is 3.15. The number of hydrogen-bond donors (Lipinski definition) is 2. The quantitative estimate of drug-likeness (QED) is 0.547. The molecular formula is C17H14Cl3N5S. The minimum absolute atomic E-state index is 0.365. The van der Waals surface area contributed by atoms with Crippen LogP contribution in [0.1, 0.15) is 11.1 Å². The van der Waals surface area contributed by atoms with Crippen molar-refractivity contribution in [3.63, 3.8) is 0 Å². The first-order chi connectivity index (χ1) is 12.4. The molecular weight excluding hydrogens is 413 g/mol. The minimum Gasteiger partial charge on any atom is -0.332 e. The van der Waals surface area contributed by atoms with E-state index in [1.807, 2.05) is 19.1 Å². The first kappa shape index (κ1) is 18.9. The Hall–Kier alpha value is -1.86. The van der Waals surface area contributed by atoms with Gasteiger partial charge < -0.3 is 5.32 Å². The molecule has 0 aliphatic rings. The van der Waals surface area contributed by atoms with Crippen LogP contribution in [-0.2, 0) is 6.54 Å². The predicted molar refractivity (Wildman–Crippen MR) is 112 cm³/mol. The molecule has 0 atom stereocenters. The molecule has 26 heavy (non-hydrogen) atoms. The summed E-state index contributed by atoms with van der Waals surface area (Å²) in [7, 11) is 0. The highest BCUT2D eigenvalue weighted by molar-refractivity contribution is 7.80. The lowest BCUT2D eigenvalue weighted by atomic mass is 10.2. The third kappa shape index (κ3) is 4.65. The summed E-state index contributed by atoms with van der Waals surface area (Å²) in [6, 6.07) is 10.9. The number of thiocarbonyl (C=S) groups is 1. The average molecular weight is 427 g/mol. The van der Waals surface area contributed by atoms with Crippen molar-refractivity contribution >= 4 is 63.8 Å². The molecule has 0 aliphatic heterocycles. The van der Waals surface area contributed by atoms with Crippen LogP contribution >= 0.6 is 47.0 Å². The number of benzene rings is 2. The number of anilines is 2. The van der Waals surface area contributed by atoms with Crippen LogP contribution in [0.4, 0.5) is 11.6 Å². The first-order valence-corrected chi connectivity index (χ1v) is 9.13. The Kier molecular flexibility index (Phi) is 5.98. The van der Waals surface area contributed by atoms with Crippen LogP contribution in [-0.4, -0.2) is 19.9 Å². The maximum absolute atomic E-state index is 6.19. The molecule has 5 nitrogen and oxygen atoms in total. The van der Waals surface area contributed by atoms with Gasteiger partial charge in [0.05, 0.1) is 6.54 Å². The largest absolute Gasteiger partial charge is 0.332 e. The summed E-state index contributed by atoms with van der Waals surface area (Å²) < 4.78 is 1.63. The third-order valence-corrected chi connectivity index (χ3v) is 4.74. The second-order valence-electron chi connectivity index (χ2n) is 5.50. The summed E-state index contributed by atoms with van der Waals surface area (Å²) in [6.45, 7) is 2.36. The SMILES string of the molecule is Cc1ccc(Cl)cc1NC(=S)Nc1ncn(Cc2c(Cl)cccc2Cl)n1. The van der Waals surface area contributed by atoms with Crippen molar-refractivity contribution in [3.8, 4) is 0 Å². The highest BCUT2D eigenvalue weighted by Crippen LogP contribution is 2.25. The van der Waals surface area contributed by atoms with E-state index >= 15 is 0 Å². The Morgan fingerprint density at radius 1 is 1.12 bits per heavy atom. The van der Waals surface area contributed by atoms with Crippen LogP contribution < -0.4 is 10.6 Å². The van der Waals surface area contributed by atoms with Gasteiger partial charge >= 0.3 is 0 Å². The van der Waals surface area contributed by atoms with E-state index in [2.05, 4.69) is 20.7 Å². The van der Waals surface area contributed by atoms with E-state index < -0.39 is 0 Å². The first-order valence-electron chi connectivity index (χ1n) is 7.59. The van der Waals surface area contributed by atoms with Crippen LogP contribution in [0, 0.1) is 6.92 Å². The van der Waals surface area contributed by atoms with Gasteiger partial charge in [-0.1, -0.05) is 46.9 Å². The van der Waals surface area contributed by atoms with Crippen molar-refractivity contribution < 1.29 is 0 Å². The molecule has 2 N–H and O–H groups in total. The Morgan fingerprint density at radius 3 is 2.58 bits per heavy atom. The molecule has 0 bridgehead atoms. The molecule has 0 saturated carbocycles. The third-order valence-electron chi connectivity index (χ3n) is 3.59. The highest BCUT2D eigenvalue weighted by atomic mass is 35.5. The maximum atomic E-state index is 6.19. The number of halogens is 3. The van der Waals surface area contributed by atoms with Crippen LogP contribution in [0.2, 0.25) is 15.1 Å². The summed E-state index contributed by atoms with van der Waals surface area (Å²) in [4.78, 5) is 4.19. The number of nitrogens with one attached hydrogen (secondary N) is 2. The lowest BCUT2D eigenvalue weighted by Gasteiger charge is -2.11. The summed E-state index contributed by atoms with van der Waals surface area (Å²) in [5.41, 5.74) is 2.62. The van der Waals surface area contributed by atoms with Gasteiger partial charge in [0, 0.05) is 26.3 Å². The van der Waals surface area contributed by atoms with E-state index in [1.165, 1.54) is 0 Å². The minimum atomic E-state index is 0.365. The lowest BCUT2D eigenvalue weighted by molar-refractivity contribution is 0.687. The standard InChI is InChI=1S/C17H14Cl3N5S/c1-10-5-6-11(18)7-15(10)22-17(26)23-16-21-9-25(24-16)8-12-13(19)3-2-4-14(12)20/h2-7,9H,8H2,1H3,(H2,22,23,24,26). The fraction of sp³-hybridized carbons (Fsp3) is 0.118. The van der Waals surface area contributed by atoms with Crippen LogP contribution in [0.15, 0.2) is 42.7 Å². The van der Waals surface area contributed by atoms with E-state index in [1.54, 1.807) is 35.3 Å². The van der Waals surface area contributed by atoms with Crippen molar-refractivity contribution in [2.45, 2.75) is 13.5 Å². The number of aromatic nitrogens is 3. The van der Waals surface area contributed by atoms with Gasteiger partial charge in [-0.15, -0.1) is 5.10 Å². The molecule has 0 saturated heterocycles. The van der Waals surface area contributed by atoms with Crippen molar-refractivity contribution in [3.05, 3.63) is 68.9 Å². The number of hydrogen-bond acceptors (Lipinski definition) is 3. The second kappa shape index (κ2) is 8.22. The number of rotatable bonds is 4. The van der Waals surface area contributed by atoms with Crippen LogP contribution in [0.3, 0.4) is 0 Å². The summed E-state index contributed by atoms with van der Waals surface area (Å²) >= 11 is 23.7. The van der Waals surface area contributed by atoms with Gasteiger partial charge in [0.1, 0.15) is 6.33 Å². The Morgan fingerprint density at radius 2 is 1.85 bits per heavy atom. The van der Waals surface area contributed by atoms with Gasteiger partial charge in [0.2, 0.25) is 5.95 Å². The van der Waals surface area contributed by atoms with Crippen molar-refractivity contribution in [2.75, 3.05) is 10.6 Å². The summed E-state index contributed by atoms with van der Waals surface area (Å²) in [5, 5.41) is 12.5. The molecule has 134 valence electrons. The van der Waals surface area contributed by atoms with E-state index in [0.717, 1.165) is 16.8 Å². The highest BCUT2D eigenvalue weighted by Gasteiger charge is 2.09. The van der Waals surface area contributed by atoms with E-state index in [4.69, 9.17) is 47.0 Å². The molecule has 3 rings (SSSR count). The maximum Gasteiger partial charge on any atom is 0.248 e. The number of aryl methyl sites for hydroxylation is 1. The molecule has 9 heteroatoms. The molecule has 1 aromatic heterocycles. The Bertz CT molecular complexity index is 937. The summed E-state index contributed by atoms with van der Waals surface area (Å²) in [6.07, 6.45) is 1.58. The van der Waals surface area contributed by atoms with Gasteiger partial charge in [-0.2, -0.15) is 0 Å². The molecule has 0 amide bonds. The molecule has 0 spiro atoms. The fourth-order valence-electron chi connectivity index (χ4n) is 2.26. The van der Waals surface area contributed by atoms with E-state index in [9.17, 15) is 0 Å². The molecule has 0 fully saturated rings. The average Bonchev–Trinajstić information content (AvgIpc) is 3.01. The molecule has 0 radical (unpaired) electrons. The smallest absolute Gasteiger partial charge is 0.248 e. The zero-order chi connectivity index (χ0) is 18.7. The van der Waals surface area contributed by atoms with Crippen molar-refractivity contribution in [1.82, 2.24) is 14.8 Å². The normalized spacial score (nSPS) is 10.6. The van der Waals surface area contributed by atoms with E-state index in [0.29, 0.717) is 32.7 Å². The molecule has 3 aromatic rings. The van der Waals surface area contributed by atoms with Crippen molar-refractivity contribution in [2.24, 2.45) is 0 Å². The Labute approximate surface area is 171 Å². The van der Waals surface area contributed by atoms with Gasteiger partial charge in [0.15, 0.2) is 5.11 Å². The van der Waals surface area contributed by atoms with E-state index in [-0.39, 0.29) is 0 Å².